The predicted molar refractivity (Wildman–Crippen MR) is 44.4 cm³/mol. The Morgan fingerprint density at radius 3 is 2.31 bits per heavy atom. The molecule has 0 saturated heterocycles. The third-order valence-corrected chi connectivity index (χ3v) is 1.94. The lowest BCUT2D eigenvalue weighted by Gasteiger charge is -2.13. The van der Waals surface area contributed by atoms with E-state index in [2.05, 4.69) is 6.07 Å². The van der Waals surface area contributed by atoms with Crippen molar-refractivity contribution >= 4 is 0 Å². The van der Waals surface area contributed by atoms with E-state index in [-0.39, 0.29) is 5.56 Å². The first-order valence-corrected chi connectivity index (χ1v) is 4.03. The van der Waals surface area contributed by atoms with Gasteiger partial charge in [0.25, 0.3) is 0 Å². The van der Waals surface area contributed by atoms with Crippen molar-refractivity contribution < 1.29 is 13.2 Å². The van der Waals surface area contributed by atoms with Crippen LogP contribution in [0.5, 0.6) is 0 Å². The van der Waals surface area contributed by atoms with Gasteiger partial charge in [0.05, 0.1) is 5.56 Å². The molecule has 0 nitrogen and oxygen atoms in total. The predicted octanol–water partition coefficient (Wildman–Crippen LogP) is 3.38. The van der Waals surface area contributed by atoms with E-state index < -0.39 is 11.7 Å². The zero-order valence-corrected chi connectivity index (χ0v) is 7.50. The van der Waals surface area contributed by atoms with Gasteiger partial charge in [-0.2, -0.15) is 13.2 Å². The molecule has 0 aromatic heterocycles. The van der Waals surface area contributed by atoms with Crippen molar-refractivity contribution in [2.45, 2.75) is 26.4 Å². The number of hydrogen-bond acceptors (Lipinski definition) is 0. The molecule has 1 aromatic rings. The summed E-state index contributed by atoms with van der Waals surface area (Å²) in [5.41, 5.74) is 0.0492. The molecule has 1 aromatic carbocycles. The number of aryl methyl sites for hydroxylation is 2. The van der Waals surface area contributed by atoms with Crippen LogP contribution in [-0.2, 0) is 12.6 Å². The van der Waals surface area contributed by atoms with Gasteiger partial charge in [0.15, 0.2) is 0 Å². The highest BCUT2D eigenvalue weighted by molar-refractivity contribution is 5.36. The van der Waals surface area contributed by atoms with E-state index in [9.17, 15) is 13.2 Å². The van der Waals surface area contributed by atoms with Crippen LogP contribution < -0.4 is 0 Å². The maximum atomic E-state index is 12.5. The molecule has 71 valence electrons. The monoisotopic (exact) mass is 187 g/mol. The van der Waals surface area contributed by atoms with Gasteiger partial charge >= 0.3 is 6.18 Å². The highest BCUT2D eigenvalue weighted by Gasteiger charge is 2.34. The minimum atomic E-state index is -4.25. The summed E-state index contributed by atoms with van der Waals surface area (Å²) in [6, 6.07) is 5.45. The molecular formula is C10H10F3. The van der Waals surface area contributed by atoms with Crippen LogP contribution in [0, 0.1) is 13.0 Å². The van der Waals surface area contributed by atoms with Crippen LogP contribution in [0.4, 0.5) is 13.2 Å². The van der Waals surface area contributed by atoms with E-state index >= 15 is 0 Å². The van der Waals surface area contributed by atoms with Crippen LogP contribution >= 0.6 is 0 Å². The molecule has 0 heterocycles. The molecule has 1 rings (SSSR count). The fourth-order valence-electron chi connectivity index (χ4n) is 1.35. The lowest BCUT2D eigenvalue weighted by molar-refractivity contribution is -0.138. The molecular weight excluding hydrogens is 177 g/mol. The first-order valence-electron chi connectivity index (χ1n) is 4.03. The third kappa shape index (κ3) is 2.02. The van der Waals surface area contributed by atoms with Crippen LogP contribution in [0.1, 0.15) is 23.6 Å². The van der Waals surface area contributed by atoms with Gasteiger partial charge in [-0.3, -0.25) is 0 Å². The van der Waals surface area contributed by atoms with Crippen LogP contribution in [0.2, 0.25) is 0 Å². The Morgan fingerprint density at radius 2 is 1.92 bits per heavy atom. The molecule has 0 aliphatic heterocycles. The van der Waals surface area contributed by atoms with Gasteiger partial charge in [-0.25, -0.2) is 0 Å². The van der Waals surface area contributed by atoms with Crippen LogP contribution in [0.15, 0.2) is 12.1 Å². The highest BCUT2D eigenvalue weighted by atomic mass is 19.4. The van der Waals surface area contributed by atoms with Crippen molar-refractivity contribution in [2.75, 3.05) is 0 Å². The van der Waals surface area contributed by atoms with E-state index in [1.54, 1.807) is 6.92 Å². The van der Waals surface area contributed by atoms with Gasteiger partial charge in [0.1, 0.15) is 0 Å². The number of benzene rings is 1. The summed E-state index contributed by atoms with van der Waals surface area (Å²) in [4.78, 5) is 0. The quantitative estimate of drug-likeness (QED) is 0.632. The maximum Gasteiger partial charge on any atom is 0.416 e. The Hall–Kier alpha value is -0.990. The van der Waals surface area contributed by atoms with Crippen molar-refractivity contribution in [2.24, 2.45) is 0 Å². The molecule has 1 radical (unpaired) electrons. The Morgan fingerprint density at radius 1 is 1.31 bits per heavy atom. The molecule has 0 unspecified atom stereocenters. The van der Waals surface area contributed by atoms with E-state index in [1.165, 1.54) is 19.1 Å². The van der Waals surface area contributed by atoms with Gasteiger partial charge < -0.3 is 0 Å². The molecule has 0 N–H and O–H groups in total. The average molecular weight is 187 g/mol. The normalized spacial score (nSPS) is 11.8. The molecule has 0 saturated carbocycles. The summed E-state index contributed by atoms with van der Waals surface area (Å²) < 4.78 is 37.4. The summed E-state index contributed by atoms with van der Waals surface area (Å²) in [6.07, 6.45) is -3.86. The van der Waals surface area contributed by atoms with Crippen molar-refractivity contribution in [3.05, 3.63) is 34.9 Å². The Bertz CT molecular complexity index is 300. The van der Waals surface area contributed by atoms with Crippen LogP contribution in [0.25, 0.3) is 0 Å². The molecule has 13 heavy (non-hydrogen) atoms. The van der Waals surface area contributed by atoms with Gasteiger partial charge in [-0.1, -0.05) is 19.1 Å². The molecule has 0 aliphatic carbocycles. The summed E-state index contributed by atoms with van der Waals surface area (Å²) in [5, 5.41) is 0. The third-order valence-electron chi connectivity index (χ3n) is 1.94. The Kier molecular flexibility index (Phi) is 2.64. The van der Waals surface area contributed by atoms with E-state index in [4.69, 9.17) is 0 Å². The molecule has 0 spiro atoms. The summed E-state index contributed by atoms with van der Waals surface area (Å²) in [5.74, 6) is 0. The number of alkyl halides is 3. The number of halogens is 3. The van der Waals surface area contributed by atoms with Gasteiger partial charge in [0, 0.05) is 0 Å². The topological polar surface area (TPSA) is 0 Å². The first kappa shape index (κ1) is 10.1. The zero-order chi connectivity index (χ0) is 10.1. The fraction of sp³-hybridized carbons (Fsp3) is 0.400. The summed E-state index contributed by atoms with van der Waals surface area (Å²) >= 11 is 0. The van der Waals surface area contributed by atoms with Gasteiger partial charge in [-0.05, 0) is 30.5 Å². The largest absolute Gasteiger partial charge is 0.416 e. The Balaban J connectivity index is 3.32. The van der Waals surface area contributed by atoms with Gasteiger partial charge in [-0.15, -0.1) is 0 Å². The second-order valence-electron chi connectivity index (χ2n) is 2.89. The maximum absolute atomic E-state index is 12.5. The lowest BCUT2D eigenvalue weighted by Crippen LogP contribution is -2.11. The molecule has 0 atom stereocenters. The van der Waals surface area contributed by atoms with E-state index in [0.717, 1.165) is 0 Å². The first-order chi connectivity index (χ1) is 5.96. The molecule has 0 fully saturated rings. The SMILES string of the molecule is CCc1c[c]cc(C)c1C(F)(F)F. The fourth-order valence-corrected chi connectivity index (χ4v) is 1.35. The smallest absolute Gasteiger partial charge is 0.166 e. The summed E-state index contributed by atoms with van der Waals surface area (Å²) in [6.45, 7) is 3.16. The van der Waals surface area contributed by atoms with E-state index in [1.807, 2.05) is 0 Å². The van der Waals surface area contributed by atoms with Crippen molar-refractivity contribution in [1.82, 2.24) is 0 Å². The van der Waals surface area contributed by atoms with Gasteiger partial charge in [0.2, 0.25) is 0 Å². The minimum Gasteiger partial charge on any atom is -0.166 e. The van der Waals surface area contributed by atoms with Crippen LogP contribution in [-0.4, -0.2) is 0 Å². The summed E-state index contributed by atoms with van der Waals surface area (Å²) in [7, 11) is 0. The molecule has 3 heteroatoms. The van der Waals surface area contributed by atoms with Crippen molar-refractivity contribution in [3.8, 4) is 0 Å². The second-order valence-corrected chi connectivity index (χ2v) is 2.89. The molecule has 0 aliphatic rings. The molecule has 0 amide bonds. The number of hydrogen-bond donors (Lipinski definition) is 0. The zero-order valence-electron chi connectivity index (χ0n) is 7.50. The lowest BCUT2D eigenvalue weighted by atomic mass is 10.00. The second kappa shape index (κ2) is 3.40. The Labute approximate surface area is 75.4 Å². The van der Waals surface area contributed by atoms with E-state index in [0.29, 0.717) is 12.0 Å². The van der Waals surface area contributed by atoms with Crippen LogP contribution in [0.3, 0.4) is 0 Å². The molecule has 0 bridgehead atoms. The minimum absolute atomic E-state index is 0.242. The van der Waals surface area contributed by atoms with Crippen molar-refractivity contribution in [3.63, 3.8) is 0 Å². The number of rotatable bonds is 1. The average Bonchev–Trinajstić information content (AvgIpc) is 2.01. The standard InChI is InChI=1S/C10H10F3/c1-3-8-6-4-5-7(2)9(8)10(11,12)13/h5-6H,3H2,1-2H3. The highest BCUT2D eigenvalue weighted by Crippen LogP contribution is 2.34. The van der Waals surface area contributed by atoms with Crippen molar-refractivity contribution in [1.29, 1.82) is 0 Å².